The first-order valence-corrected chi connectivity index (χ1v) is 8.84. The van der Waals surface area contributed by atoms with Crippen LogP contribution >= 0.6 is 11.3 Å². The van der Waals surface area contributed by atoms with Crippen molar-refractivity contribution in [1.82, 2.24) is 10.3 Å². The molecule has 2 heterocycles. The molecule has 0 radical (unpaired) electrons. The van der Waals surface area contributed by atoms with Crippen molar-refractivity contribution in [3.63, 3.8) is 0 Å². The van der Waals surface area contributed by atoms with Crippen LogP contribution in [-0.2, 0) is 4.79 Å². The summed E-state index contributed by atoms with van der Waals surface area (Å²) in [7, 11) is 1.61. The first-order valence-electron chi connectivity index (χ1n) is 7.96. The van der Waals surface area contributed by atoms with E-state index in [4.69, 9.17) is 9.47 Å². The standard InChI is InChI=1S/C17H21N3O3S/c1-22-14-4-6-15(7-5-14)23-12-16(21)19-11-13-3-2-9-20(13)17-18-8-10-24-17/h4-8,10,13H,2-3,9,11-12H2,1H3,(H,19,21). The molecule has 1 unspecified atom stereocenters. The van der Waals surface area contributed by atoms with Gasteiger partial charge in [-0.15, -0.1) is 11.3 Å². The average molecular weight is 347 g/mol. The molecule has 1 amide bonds. The van der Waals surface area contributed by atoms with E-state index in [1.165, 1.54) is 0 Å². The van der Waals surface area contributed by atoms with Gasteiger partial charge in [0.25, 0.3) is 5.91 Å². The lowest BCUT2D eigenvalue weighted by Crippen LogP contribution is -2.41. The summed E-state index contributed by atoms with van der Waals surface area (Å²) in [6.07, 6.45) is 4.01. The smallest absolute Gasteiger partial charge is 0.258 e. The van der Waals surface area contributed by atoms with Gasteiger partial charge in [-0.3, -0.25) is 4.79 Å². The first kappa shape index (κ1) is 16.6. The predicted octanol–water partition coefficient (Wildman–Crippen LogP) is 2.32. The maximum Gasteiger partial charge on any atom is 0.258 e. The second-order valence-corrected chi connectivity index (χ2v) is 6.45. The van der Waals surface area contributed by atoms with Crippen LogP contribution in [0.4, 0.5) is 5.13 Å². The molecule has 0 aliphatic carbocycles. The Balaban J connectivity index is 1.43. The number of amides is 1. The fourth-order valence-electron chi connectivity index (χ4n) is 2.76. The Morgan fingerprint density at radius 1 is 1.38 bits per heavy atom. The van der Waals surface area contributed by atoms with Gasteiger partial charge < -0.3 is 19.7 Å². The van der Waals surface area contributed by atoms with E-state index in [2.05, 4.69) is 15.2 Å². The van der Waals surface area contributed by atoms with Crippen LogP contribution in [0.1, 0.15) is 12.8 Å². The second-order valence-electron chi connectivity index (χ2n) is 5.57. The molecule has 1 fully saturated rings. The van der Waals surface area contributed by atoms with E-state index in [9.17, 15) is 4.79 Å². The van der Waals surface area contributed by atoms with E-state index in [1.807, 2.05) is 11.6 Å². The molecule has 0 spiro atoms. The normalized spacial score (nSPS) is 16.9. The van der Waals surface area contributed by atoms with Crippen LogP contribution < -0.4 is 19.7 Å². The first-order chi connectivity index (χ1) is 11.8. The van der Waals surface area contributed by atoms with Crippen molar-refractivity contribution in [2.45, 2.75) is 18.9 Å². The SMILES string of the molecule is COc1ccc(OCC(=O)NCC2CCCN2c2nccs2)cc1. The van der Waals surface area contributed by atoms with Crippen LogP contribution in [0.3, 0.4) is 0 Å². The molecule has 1 saturated heterocycles. The van der Waals surface area contributed by atoms with Crippen molar-refractivity contribution in [3.8, 4) is 11.5 Å². The molecule has 0 saturated carbocycles. The lowest BCUT2D eigenvalue weighted by molar-refractivity contribution is -0.123. The number of benzene rings is 1. The van der Waals surface area contributed by atoms with E-state index in [0.717, 1.165) is 30.3 Å². The van der Waals surface area contributed by atoms with Crippen molar-refractivity contribution in [3.05, 3.63) is 35.8 Å². The van der Waals surface area contributed by atoms with Gasteiger partial charge in [0.15, 0.2) is 11.7 Å². The Bertz CT molecular complexity index is 646. The third kappa shape index (κ3) is 4.17. The molecular weight excluding hydrogens is 326 g/mol. The molecule has 6 nitrogen and oxygen atoms in total. The molecule has 1 aromatic heterocycles. The van der Waals surface area contributed by atoms with E-state index < -0.39 is 0 Å². The number of nitrogens with zero attached hydrogens (tertiary/aromatic N) is 2. The van der Waals surface area contributed by atoms with Crippen LogP contribution in [0.2, 0.25) is 0 Å². The van der Waals surface area contributed by atoms with Crippen molar-refractivity contribution in [2.24, 2.45) is 0 Å². The fraction of sp³-hybridized carbons (Fsp3) is 0.412. The monoisotopic (exact) mass is 347 g/mol. The fourth-order valence-corrected chi connectivity index (χ4v) is 3.50. The van der Waals surface area contributed by atoms with Crippen molar-refractivity contribution >= 4 is 22.4 Å². The molecule has 1 aliphatic rings. The molecule has 3 rings (SSSR count). The largest absolute Gasteiger partial charge is 0.497 e. The van der Waals surface area contributed by atoms with E-state index in [1.54, 1.807) is 42.7 Å². The Kier molecular flexibility index (Phi) is 5.53. The molecule has 24 heavy (non-hydrogen) atoms. The highest BCUT2D eigenvalue weighted by molar-refractivity contribution is 7.13. The van der Waals surface area contributed by atoms with E-state index >= 15 is 0 Å². The van der Waals surface area contributed by atoms with Gasteiger partial charge in [0.2, 0.25) is 0 Å². The number of methoxy groups -OCH3 is 1. The number of rotatable bonds is 7. The summed E-state index contributed by atoms with van der Waals surface area (Å²) in [6.45, 7) is 1.62. The predicted molar refractivity (Wildman–Crippen MR) is 94.0 cm³/mol. The number of nitrogens with one attached hydrogen (secondary N) is 1. The zero-order valence-corrected chi connectivity index (χ0v) is 14.4. The summed E-state index contributed by atoms with van der Waals surface area (Å²) in [5, 5.41) is 5.96. The third-order valence-corrected chi connectivity index (χ3v) is 4.81. The summed E-state index contributed by atoms with van der Waals surface area (Å²) in [5.74, 6) is 1.29. The van der Waals surface area contributed by atoms with Gasteiger partial charge in [0, 0.05) is 30.7 Å². The van der Waals surface area contributed by atoms with Gasteiger partial charge in [-0.05, 0) is 37.1 Å². The number of aromatic nitrogens is 1. The minimum atomic E-state index is -0.114. The van der Waals surface area contributed by atoms with Crippen molar-refractivity contribution < 1.29 is 14.3 Å². The molecular formula is C17H21N3O3S. The third-order valence-electron chi connectivity index (χ3n) is 4.01. The highest BCUT2D eigenvalue weighted by atomic mass is 32.1. The number of ether oxygens (including phenoxy) is 2. The Labute approximate surface area is 145 Å². The molecule has 1 atom stereocenters. The zero-order valence-electron chi connectivity index (χ0n) is 13.6. The number of carbonyl (C=O) groups excluding carboxylic acids is 1. The number of hydrogen-bond acceptors (Lipinski definition) is 6. The van der Waals surface area contributed by atoms with Gasteiger partial charge >= 0.3 is 0 Å². The van der Waals surface area contributed by atoms with Crippen LogP contribution in [-0.4, -0.2) is 43.7 Å². The average Bonchev–Trinajstić information content (AvgIpc) is 3.29. The minimum Gasteiger partial charge on any atom is -0.497 e. The number of carbonyl (C=O) groups is 1. The van der Waals surface area contributed by atoms with Crippen LogP contribution in [0.5, 0.6) is 11.5 Å². The molecule has 0 bridgehead atoms. The number of anilines is 1. The van der Waals surface area contributed by atoms with E-state index in [0.29, 0.717) is 18.3 Å². The van der Waals surface area contributed by atoms with Gasteiger partial charge in [-0.25, -0.2) is 4.98 Å². The van der Waals surface area contributed by atoms with Crippen molar-refractivity contribution in [2.75, 3.05) is 31.7 Å². The van der Waals surface area contributed by atoms with Gasteiger partial charge in [0.05, 0.1) is 7.11 Å². The lowest BCUT2D eigenvalue weighted by Gasteiger charge is -2.24. The zero-order chi connectivity index (χ0) is 16.8. The topological polar surface area (TPSA) is 63.7 Å². The Hall–Kier alpha value is -2.28. The summed E-state index contributed by atoms with van der Waals surface area (Å²) in [4.78, 5) is 18.6. The Morgan fingerprint density at radius 2 is 2.17 bits per heavy atom. The summed E-state index contributed by atoms with van der Waals surface area (Å²) in [5.41, 5.74) is 0. The minimum absolute atomic E-state index is 0.0102. The molecule has 1 N–H and O–H groups in total. The van der Waals surface area contributed by atoms with Gasteiger partial charge in [0.1, 0.15) is 11.5 Å². The maximum absolute atomic E-state index is 12.0. The van der Waals surface area contributed by atoms with Crippen LogP contribution in [0, 0.1) is 0 Å². The highest BCUT2D eigenvalue weighted by Gasteiger charge is 2.26. The molecule has 1 aromatic carbocycles. The number of thiazole rings is 1. The molecule has 2 aromatic rings. The Morgan fingerprint density at radius 3 is 2.88 bits per heavy atom. The second kappa shape index (κ2) is 8.01. The van der Waals surface area contributed by atoms with Crippen LogP contribution in [0.15, 0.2) is 35.8 Å². The lowest BCUT2D eigenvalue weighted by atomic mass is 10.2. The molecule has 7 heteroatoms. The highest BCUT2D eigenvalue weighted by Crippen LogP contribution is 2.26. The summed E-state index contributed by atoms with van der Waals surface area (Å²) < 4.78 is 10.6. The molecule has 1 aliphatic heterocycles. The quantitative estimate of drug-likeness (QED) is 0.833. The molecule has 128 valence electrons. The maximum atomic E-state index is 12.0. The van der Waals surface area contributed by atoms with Gasteiger partial charge in [-0.2, -0.15) is 0 Å². The van der Waals surface area contributed by atoms with Gasteiger partial charge in [-0.1, -0.05) is 0 Å². The summed E-state index contributed by atoms with van der Waals surface area (Å²) in [6, 6.07) is 7.48. The number of hydrogen-bond donors (Lipinski definition) is 1. The van der Waals surface area contributed by atoms with E-state index in [-0.39, 0.29) is 12.5 Å². The summed E-state index contributed by atoms with van der Waals surface area (Å²) >= 11 is 1.64. The van der Waals surface area contributed by atoms with Crippen LogP contribution in [0.25, 0.3) is 0 Å². The van der Waals surface area contributed by atoms with Crippen molar-refractivity contribution in [1.29, 1.82) is 0 Å².